The number of rotatable bonds is 2. The first-order valence-corrected chi connectivity index (χ1v) is 5.37. The fourth-order valence-corrected chi connectivity index (χ4v) is 1.95. The summed E-state index contributed by atoms with van der Waals surface area (Å²) < 4.78 is 5.10. The molecule has 2 N–H and O–H groups in total. The van der Waals surface area contributed by atoms with Gasteiger partial charge in [-0.25, -0.2) is 0 Å². The van der Waals surface area contributed by atoms with Crippen molar-refractivity contribution < 1.29 is 4.52 Å². The SMILES string of the molecule is CCc1nc(C2CCC(N)CC2)no1. The molecule has 78 valence electrons. The molecule has 1 aromatic rings. The van der Waals surface area contributed by atoms with Gasteiger partial charge in [-0.05, 0) is 25.7 Å². The molecular formula is C10H17N3O. The topological polar surface area (TPSA) is 64.9 Å². The molecule has 0 aromatic carbocycles. The van der Waals surface area contributed by atoms with E-state index >= 15 is 0 Å². The predicted octanol–water partition coefficient (Wildman–Crippen LogP) is 1.62. The van der Waals surface area contributed by atoms with Gasteiger partial charge in [0.15, 0.2) is 5.82 Å². The molecule has 4 nitrogen and oxygen atoms in total. The van der Waals surface area contributed by atoms with E-state index < -0.39 is 0 Å². The highest BCUT2D eigenvalue weighted by molar-refractivity contribution is 4.98. The molecule has 0 spiro atoms. The van der Waals surface area contributed by atoms with E-state index in [-0.39, 0.29) is 0 Å². The van der Waals surface area contributed by atoms with Crippen LogP contribution in [-0.4, -0.2) is 16.2 Å². The van der Waals surface area contributed by atoms with Crippen LogP contribution in [0.2, 0.25) is 0 Å². The van der Waals surface area contributed by atoms with Crippen LogP contribution in [0.4, 0.5) is 0 Å². The highest BCUT2D eigenvalue weighted by Crippen LogP contribution is 2.30. The van der Waals surface area contributed by atoms with Crippen LogP contribution in [0, 0.1) is 0 Å². The highest BCUT2D eigenvalue weighted by Gasteiger charge is 2.23. The Morgan fingerprint density at radius 1 is 1.36 bits per heavy atom. The van der Waals surface area contributed by atoms with Gasteiger partial charge in [0.1, 0.15) is 0 Å². The second-order valence-electron chi connectivity index (χ2n) is 4.01. The minimum absolute atomic E-state index is 0.379. The zero-order valence-electron chi connectivity index (χ0n) is 8.57. The first-order valence-electron chi connectivity index (χ1n) is 5.37. The summed E-state index contributed by atoms with van der Waals surface area (Å²) in [6, 6.07) is 0.379. The van der Waals surface area contributed by atoms with Crippen molar-refractivity contribution in [2.75, 3.05) is 0 Å². The zero-order valence-corrected chi connectivity index (χ0v) is 8.57. The number of nitrogens with zero attached hydrogens (tertiary/aromatic N) is 2. The average Bonchev–Trinajstić information content (AvgIpc) is 2.67. The molecule has 1 aliphatic rings. The quantitative estimate of drug-likeness (QED) is 0.778. The molecule has 0 atom stereocenters. The van der Waals surface area contributed by atoms with Crippen molar-refractivity contribution in [2.45, 2.75) is 51.0 Å². The normalized spacial score (nSPS) is 27.9. The predicted molar refractivity (Wildman–Crippen MR) is 52.9 cm³/mol. The monoisotopic (exact) mass is 195 g/mol. The van der Waals surface area contributed by atoms with Gasteiger partial charge in [-0.1, -0.05) is 12.1 Å². The van der Waals surface area contributed by atoms with Crippen LogP contribution >= 0.6 is 0 Å². The summed E-state index contributed by atoms with van der Waals surface area (Å²) in [6.07, 6.45) is 5.19. The summed E-state index contributed by atoms with van der Waals surface area (Å²) in [7, 11) is 0. The highest BCUT2D eigenvalue weighted by atomic mass is 16.5. The molecular weight excluding hydrogens is 178 g/mol. The van der Waals surface area contributed by atoms with Crippen LogP contribution < -0.4 is 5.73 Å². The van der Waals surface area contributed by atoms with Crippen molar-refractivity contribution >= 4 is 0 Å². The van der Waals surface area contributed by atoms with Crippen LogP contribution in [0.3, 0.4) is 0 Å². The maximum atomic E-state index is 5.84. The lowest BCUT2D eigenvalue weighted by Gasteiger charge is -2.23. The number of hydrogen-bond acceptors (Lipinski definition) is 4. The Balaban J connectivity index is 2.01. The Bertz CT molecular complexity index is 289. The van der Waals surface area contributed by atoms with Gasteiger partial charge in [0.05, 0.1) is 0 Å². The molecule has 0 saturated heterocycles. The molecule has 1 aliphatic carbocycles. The van der Waals surface area contributed by atoms with Crippen LogP contribution in [0.25, 0.3) is 0 Å². The summed E-state index contributed by atoms with van der Waals surface area (Å²) in [5.74, 6) is 2.10. The Morgan fingerprint density at radius 2 is 2.07 bits per heavy atom. The van der Waals surface area contributed by atoms with Crippen molar-refractivity contribution in [1.29, 1.82) is 0 Å². The minimum Gasteiger partial charge on any atom is -0.339 e. The lowest BCUT2D eigenvalue weighted by Crippen LogP contribution is -2.26. The molecule has 0 aliphatic heterocycles. The first-order chi connectivity index (χ1) is 6.79. The largest absolute Gasteiger partial charge is 0.339 e. The molecule has 2 rings (SSSR count). The summed E-state index contributed by atoms with van der Waals surface area (Å²) in [5.41, 5.74) is 5.84. The van der Waals surface area contributed by atoms with E-state index in [1.165, 1.54) is 0 Å². The third-order valence-corrected chi connectivity index (χ3v) is 2.92. The zero-order chi connectivity index (χ0) is 9.97. The van der Waals surface area contributed by atoms with Gasteiger partial charge in [-0.3, -0.25) is 0 Å². The minimum atomic E-state index is 0.379. The fourth-order valence-electron chi connectivity index (χ4n) is 1.95. The maximum absolute atomic E-state index is 5.84. The van der Waals surface area contributed by atoms with Crippen LogP contribution in [-0.2, 0) is 6.42 Å². The summed E-state index contributed by atoms with van der Waals surface area (Å²) in [5, 5.41) is 4.01. The van der Waals surface area contributed by atoms with Gasteiger partial charge >= 0.3 is 0 Å². The van der Waals surface area contributed by atoms with Crippen molar-refractivity contribution in [2.24, 2.45) is 5.73 Å². The number of aromatic nitrogens is 2. The van der Waals surface area contributed by atoms with Crippen molar-refractivity contribution in [1.82, 2.24) is 10.1 Å². The first kappa shape index (κ1) is 9.65. The summed E-state index contributed by atoms with van der Waals surface area (Å²) in [6.45, 7) is 2.02. The Labute approximate surface area is 83.9 Å². The number of aryl methyl sites for hydroxylation is 1. The van der Waals surface area contributed by atoms with E-state index in [4.69, 9.17) is 10.3 Å². The molecule has 1 heterocycles. The lowest BCUT2D eigenvalue weighted by atomic mass is 9.86. The summed E-state index contributed by atoms with van der Waals surface area (Å²) >= 11 is 0. The number of nitrogens with two attached hydrogens (primary N) is 1. The van der Waals surface area contributed by atoms with Gasteiger partial charge < -0.3 is 10.3 Å². The van der Waals surface area contributed by atoms with Gasteiger partial charge in [-0.15, -0.1) is 0 Å². The third-order valence-electron chi connectivity index (χ3n) is 2.92. The molecule has 0 radical (unpaired) electrons. The van der Waals surface area contributed by atoms with Crippen LogP contribution in [0.1, 0.15) is 50.2 Å². The van der Waals surface area contributed by atoms with Crippen molar-refractivity contribution in [3.63, 3.8) is 0 Å². The van der Waals surface area contributed by atoms with Crippen LogP contribution in [0.15, 0.2) is 4.52 Å². The van der Waals surface area contributed by atoms with E-state index in [0.29, 0.717) is 12.0 Å². The van der Waals surface area contributed by atoms with Gasteiger partial charge in [0.2, 0.25) is 5.89 Å². The smallest absolute Gasteiger partial charge is 0.226 e. The van der Waals surface area contributed by atoms with Gasteiger partial charge in [0.25, 0.3) is 0 Å². The molecule has 0 amide bonds. The Kier molecular flexibility index (Phi) is 2.82. The van der Waals surface area contributed by atoms with Crippen LogP contribution in [0.5, 0.6) is 0 Å². The fraction of sp³-hybridized carbons (Fsp3) is 0.800. The molecule has 1 saturated carbocycles. The molecule has 0 bridgehead atoms. The second kappa shape index (κ2) is 4.09. The average molecular weight is 195 g/mol. The molecule has 1 aromatic heterocycles. The van der Waals surface area contributed by atoms with Crippen molar-refractivity contribution in [3.8, 4) is 0 Å². The third kappa shape index (κ3) is 1.95. The summed E-state index contributed by atoms with van der Waals surface area (Å²) in [4.78, 5) is 4.36. The standard InChI is InChI=1S/C10H17N3O/c1-2-9-12-10(13-14-9)7-3-5-8(11)6-4-7/h7-8H,2-6,11H2,1H3. The van der Waals surface area contributed by atoms with Crippen molar-refractivity contribution in [3.05, 3.63) is 11.7 Å². The van der Waals surface area contributed by atoms with E-state index in [0.717, 1.165) is 43.8 Å². The van der Waals surface area contributed by atoms with E-state index in [9.17, 15) is 0 Å². The molecule has 0 unspecified atom stereocenters. The maximum Gasteiger partial charge on any atom is 0.226 e. The van der Waals surface area contributed by atoms with Gasteiger partial charge in [-0.2, -0.15) is 4.98 Å². The van der Waals surface area contributed by atoms with E-state index in [1.807, 2.05) is 6.92 Å². The Morgan fingerprint density at radius 3 is 2.64 bits per heavy atom. The molecule has 14 heavy (non-hydrogen) atoms. The van der Waals surface area contributed by atoms with Gasteiger partial charge in [0, 0.05) is 18.4 Å². The lowest BCUT2D eigenvalue weighted by molar-refractivity contribution is 0.349. The number of hydrogen-bond donors (Lipinski definition) is 1. The molecule has 4 heteroatoms. The second-order valence-corrected chi connectivity index (χ2v) is 4.01. The Hall–Kier alpha value is -0.900. The van der Waals surface area contributed by atoms with E-state index in [1.54, 1.807) is 0 Å². The molecule has 1 fully saturated rings. The van der Waals surface area contributed by atoms with E-state index in [2.05, 4.69) is 10.1 Å².